The van der Waals surface area contributed by atoms with Crippen molar-refractivity contribution in [3.8, 4) is 0 Å². The van der Waals surface area contributed by atoms with Gasteiger partial charge in [0.05, 0.1) is 5.56 Å². The van der Waals surface area contributed by atoms with Gasteiger partial charge in [0.1, 0.15) is 16.6 Å². The van der Waals surface area contributed by atoms with E-state index in [1.54, 1.807) is 45.3 Å². The van der Waals surface area contributed by atoms with E-state index in [9.17, 15) is 18.8 Å². The predicted molar refractivity (Wildman–Crippen MR) is 90.5 cm³/mol. The molecule has 0 fully saturated rings. The average molecular weight is 350 g/mol. The van der Waals surface area contributed by atoms with Crippen LogP contribution in [0.15, 0.2) is 42.7 Å². The summed E-state index contributed by atoms with van der Waals surface area (Å²) >= 11 is -1.46. The molecule has 24 heavy (non-hydrogen) atoms. The summed E-state index contributed by atoms with van der Waals surface area (Å²) in [4.78, 5) is 15.5. The Balaban J connectivity index is 2.53. The highest BCUT2D eigenvalue weighted by atomic mass is 32.2. The first-order chi connectivity index (χ1) is 11.2. The smallest absolute Gasteiger partial charge is 0.336 e. The van der Waals surface area contributed by atoms with Gasteiger partial charge in [-0.05, 0) is 50.1 Å². The third-order valence-corrected chi connectivity index (χ3v) is 4.92. The Labute approximate surface area is 143 Å². The quantitative estimate of drug-likeness (QED) is 0.810. The Morgan fingerprint density at radius 1 is 1.38 bits per heavy atom. The Morgan fingerprint density at radius 3 is 2.62 bits per heavy atom. The summed E-state index contributed by atoms with van der Waals surface area (Å²) in [5.74, 6) is -1.89. The number of nitrogens with zero attached hydrogens (tertiary/aromatic N) is 1. The van der Waals surface area contributed by atoms with Crippen LogP contribution >= 0.6 is 0 Å². The number of hydrogen-bond acceptors (Lipinski definition) is 4. The fraction of sp³-hybridized carbons (Fsp3) is 0.294. The zero-order valence-corrected chi connectivity index (χ0v) is 14.4. The third kappa shape index (κ3) is 4.31. The van der Waals surface area contributed by atoms with E-state index in [1.807, 2.05) is 0 Å². The molecular formula is C17H19FN2O3S. The Hall–Kier alpha value is -1.96. The molecule has 0 amide bonds. The average Bonchev–Trinajstić information content (AvgIpc) is 2.52. The predicted octanol–water partition coefficient (Wildman–Crippen LogP) is 3.06. The van der Waals surface area contributed by atoms with Crippen LogP contribution in [0.5, 0.6) is 0 Å². The van der Waals surface area contributed by atoms with Gasteiger partial charge in [-0.25, -0.2) is 9.18 Å². The highest BCUT2D eigenvalue weighted by molar-refractivity contribution is 7.90. The fourth-order valence-corrected chi connectivity index (χ4v) is 2.94. The van der Waals surface area contributed by atoms with E-state index in [2.05, 4.69) is 9.71 Å². The van der Waals surface area contributed by atoms with Gasteiger partial charge in [0.15, 0.2) is 0 Å². The Kier molecular flexibility index (Phi) is 5.58. The van der Waals surface area contributed by atoms with Gasteiger partial charge < -0.3 is 9.66 Å². The summed E-state index contributed by atoms with van der Waals surface area (Å²) in [6, 6.07) is 6.30. The van der Waals surface area contributed by atoms with E-state index < -0.39 is 33.9 Å². The first kappa shape index (κ1) is 18.4. The number of halogens is 1. The molecule has 128 valence electrons. The van der Waals surface area contributed by atoms with Crippen LogP contribution in [-0.4, -0.2) is 25.4 Å². The first-order valence-corrected chi connectivity index (χ1v) is 8.46. The molecule has 2 atom stereocenters. The SMILES string of the molecule is CC(C)(C)[S+]([O-])NC(c1cccnc1)c1ccc(F)cc1C(=O)O. The zero-order chi connectivity index (χ0) is 17.9. The van der Waals surface area contributed by atoms with Crippen LogP contribution in [0.1, 0.15) is 48.3 Å². The monoisotopic (exact) mass is 350 g/mol. The summed E-state index contributed by atoms with van der Waals surface area (Å²) in [7, 11) is 0. The molecule has 0 saturated heterocycles. The molecule has 2 N–H and O–H groups in total. The van der Waals surface area contributed by atoms with Gasteiger partial charge in [0.2, 0.25) is 0 Å². The zero-order valence-electron chi connectivity index (χ0n) is 13.6. The fourth-order valence-electron chi connectivity index (χ4n) is 2.11. The summed E-state index contributed by atoms with van der Waals surface area (Å²) in [5.41, 5.74) is 0.793. The van der Waals surface area contributed by atoms with Gasteiger partial charge in [0.25, 0.3) is 0 Å². The van der Waals surface area contributed by atoms with Gasteiger partial charge in [-0.3, -0.25) is 4.98 Å². The van der Waals surface area contributed by atoms with Crippen LogP contribution in [0.25, 0.3) is 0 Å². The topological polar surface area (TPSA) is 85.3 Å². The van der Waals surface area contributed by atoms with Crippen LogP contribution in [0.4, 0.5) is 4.39 Å². The number of rotatable bonds is 5. The number of carbonyl (C=O) groups is 1. The number of pyridine rings is 1. The second-order valence-electron chi connectivity index (χ2n) is 6.26. The lowest BCUT2D eigenvalue weighted by Gasteiger charge is -2.28. The molecule has 2 rings (SSSR count). The molecule has 0 aliphatic carbocycles. The largest absolute Gasteiger partial charge is 0.598 e. The minimum absolute atomic E-state index is 0.178. The van der Waals surface area contributed by atoms with Crippen molar-refractivity contribution in [3.05, 3.63) is 65.2 Å². The molecule has 1 aromatic carbocycles. The number of aromatic carboxylic acids is 1. The van der Waals surface area contributed by atoms with E-state index in [0.717, 1.165) is 6.07 Å². The second-order valence-corrected chi connectivity index (χ2v) is 8.25. The summed E-state index contributed by atoms with van der Waals surface area (Å²) in [5, 5.41) is 9.39. The number of nitrogens with one attached hydrogen (secondary N) is 1. The lowest BCUT2D eigenvalue weighted by atomic mass is 9.96. The van der Waals surface area contributed by atoms with Gasteiger partial charge in [-0.15, -0.1) is 4.72 Å². The third-order valence-electron chi connectivity index (χ3n) is 3.36. The van der Waals surface area contributed by atoms with E-state index in [0.29, 0.717) is 11.1 Å². The van der Waals surface area contributed by atoms with E-state index >= 15 is 0 Å². The van der Waals surface area contributed by atoms with Gasteiger partial charge >= 0.3 is 5.97 Å². The molecule has 0 saturated carbocycles. The Bertz CT molecular complexity index is 720. The van der Waals surface area contributed by atoms with Gasteiger partial charge in [-0.2, -0.15) is 0 Å². The lowest BCUT2D eigenvalue weighted by Crippen LogP contribution is -2.42. The van der Waals surface area contributed by atoms with Crippen molar-refractivity contribution in [1.82, 2.24) is 9.71 Å². The molecule has 2 aromatic rings. The van der Waals surface area contributed by atoms with E-state index in [-0.39, 0.29) is 5.56 Å². The van der Waals surface area contributed by atoms with Crippen molar-refractivity contribution in [1.29, 1.82) is 0 Å². The molecule has 7 heteroatoms. The number of hydrogen-bond donors (Lipinski definition) is 2. The standard InChI is InChI=1S/C17H19FN2O3S/c1-17(2,3)24(23)20-15(11-5-4-8-19-10-11)13-7-6-12(18)9-14(13)16(21)22/h4-10,15,20H,1-3H3,(H,21,22). The van der Waals surface area contributed by atoms with Gasteiger partial charge in [-0.1, -0.05) is 12.1 Å². The number of carboxylic acid groups (broad SMARTS) is 1. The maximum atomic E-state index is 13.5. The normalized spacial score (nSPS) is 14.2. The van der Waals surface area contributed by atoms with E-state index in [1.165, 1.54) is 12.1 Å². The molecule has 1 aromatic heterocycles. The van der Waals surface area contributed by atoms with Crippen molar-refractivity contribution in [3.63, 3.8) is 0 Å². The molecule has 0 aliphatic heterocycles. The van der Waals surface area contributed by atoms with Crippen LogP contribution in [0.3, 0.4) is 0 Å². The molecule has 1 heterocycles. The van der Waals surface area contributed by atoms with Crippen LogP contribution in [-0.2, 0) is 11.4 Å². The molecule has 2 unspecified atom stereocenters. The molecular weight excluding hydrogens is 331 g/mol. The van der Waals surface area contributed by atoms with Crippen LogP contribution in [0, 0.1) is 5.82 Å². The highest BCUT2D eigenvalue weighted by Crippen LogP contribution is 2.28. The van der Waals surface area contributed by atoms with Crippen molar-refractivity contribution < 1.29 is 18.8 Å². The van der Waals surface area contributed by atoms with E-state index in [4.69, 9.17) is 0 Å². The molecule has 5 nitrogen and oxygen atoms in total. The number of aromatic nitrogens is 1. The van der Waals surface area contributed by atoms with Crippen molar-refractivity contribution in [2.24, 2.45) is 0 Å². The van der Waals surface area contributed by atoms with Crippen molar-refractivity contribution in [2.75, 3.05) is 0 Å². The van der Waals surface area contributed by atoms with Crippen molar-refractivity contribution in [2.45, 2.75) is 31.6 Å². The molecule has 0 radical (unpaired) electrons. The Morgan fingerprint density at radius 2 is 2.08 bits per heavy atom. The lowest BCUT2D eigenvalue weighted by molar-refractivity contribution is 0.0694. The number of benzene rings is 1. The summed E-state index contributed by atoms with van der Waals surface area (Å²) in [6.45, 7) is 5.41. The maximum absolute atomic E-state index is 13.5. The minimum atomic E-state index is -1.46. The molecule has 0 spiro atoms. The number of carboxylic acids is 1. The first-order valence-electron chi connectivity index (χ1n) is 7.31. The minimum Gasteiger partial charge on any atom is -0.598 e. The summed E-state index contributed by atoms with van der Waals surface area (Å²) in [6.07, 6.45) is 3.15. The summed E-state index contributed by atoms with van der Waals surface area (Å²) < 4.78 is 28.4. The maximum Gasteiger partial charge on any atom is 0.336 e. The molecule has 0 bridgehead atoms. The molecule has 0 aliphatic rings. The second kappa shape index (κ2) is 7.29. The highest BCUT2D eigenvalue weighted by Gasteiger charge is 2.32. The van der Waals surface area contributed by atoms with Crippen LogP contribution in [0.2, 0.25) is 0 Å². The van der Waals surface area contributed by atoms with Crippen LogP contribution < -0.4 is 4.72 Å². The van der Waals surface area contributed by atoms with Gasteiger partial charge in [0, 0.05) is 23.8 Å². The van der Waals surface area contributed by atoms with Crippen molar-refractivity contribution >= 4 is 17.3 Å².